The van der Waals surface area contributed by atoms with Gasteiger partial charge in [-0.15, -0.1) is 0 Å². The molecule has 37 heavy (non-hydrogen) atoms. The largest absolute Gasteiger partial charge is 0.507 e. The topological polar surface area (TPSA) is 122 Å². The highest BCUT2D eigenvalue weighted by Crippen LogP contribution is 2.45. The lowest BCUT2D eigenvalue weighted by atomic mass is 9.84. The quantitative estimate of drug-likeness (QED) is 0.312. The molecule has 2 heterocycles. The van der Waals surface area contributed by atoms with E-state index in [9.17, 15) is 19.5 Å². The lowest BCUT2D eigenvalue weighted by Crippen LogP contribution is -2.22. The predicted molar refractivity (Wildman–Crippen MR) is 133 cm³/mol. The SMILES string of the molecule is COC(=O)c1ccc(C2CC(=O)Oc3cc(O)c4c(=O)c(-c5ccc(OC)c(OC)c5)coc4c32)cc1. The second-order valence-electron chi connectivity index (χ2n) is 8.40. The molecule has 3 aromatic carbocycles. The summed E-state index contributed by atoms with van der Waals surface area (Å²) >= 11 is 0. The summed E-state index contributed by atoms with van der Waals surface area (Å²) in [4.78, 5) is 37.8. The number of aromatic hydroxyl groups is 1. The molecule has 5 rings (SSSR count). The van der Waals surface area contributed by atoms with Crippen LogP contribution in [-0.2, 0) is 9.53 Å². The maximum atomic E-state index is 13.6. The summed E-state index contributed by atoms with van der Waals surface area (Å²) < 4.78 is 26.7. The van der Waals surface area contributed by atoms with Crippen molar-refractivity contribution in [2.24, 2.45) is 0 Å². The number of methoxy groups -OCH3 is 3. The number of benzene rings is 3. The Kier molecular flexibility index (Phi) is 6.04. The third-order valence-electron chi connectivity index (χ3n) is 6.40. The number of hydrogen-bond donors (Lipinski definition) is 1. The zero-order valence-electron chi connectivity index (χ0n) is 20.2. The van der Waals surface area contributed by atoms with Crippen LogP contribution in [0.2, 0.25) is 0 Å². The molecule has 0 amide bonds. The molecule has 0 saturated heterocycles. The van der Waals surface area contributed by atoms with Gasteiger partial charge in [0.1, 0.15) is 28.7 Å². The molecule has 0 bridgehead atoms. The molecule has 0 aliphatic carbocycles. The smallest absolute Gasteiger partial charge is 0.337 e. The van der Waals surface area contributed by atoms with Crippen molar-refractivity contribution >= 4 is 22.9 Å². The first-order chi connectivity index (χ1) is 17.9. The van der Waals surface area contributed by atoms with Crippen LogP contribution in [-0.4, -0.2) is 38.4 Å². The second kappa shape index (κ2) is 9.34. The van der Waals surface area contributed by atoms with Crippen LogP contribution in [0.5, 0.6) is 23.0 Å². The average molecular weight is 502 g/mol. The highest BCUT2D eigenvalue weighted by Gasteiger charge is 2.33. The number of phenolic OH excluding ortho intramolecular Hbond substituents is 1. The first-order valence-corrected chi connectivity index (χ1v) is 11.3. The van der Waals surface area contributed by atoms with Crippen molar-refractivity contribution in [2.75, 3.05) is 21.3 Å². The molecule has 1 N–H and O–H groups in total. The van der Waals surface area contributed by atoms with Crippen LogP contribution in [0.25, 0.3) is 22.1 Å². The van der Waals surface area contributed by atoms with Gasteiger partial charge in [-0.3, -0.25) is 9.59 Å². The molecule has 188 valence electrons. The molecule has 4 aromatic rings. The van der Waals surface area contributed by atoms with Gasteiger partial charge in [0.2, 0.25) is 5.43 Å². The van der Waals surface area contributed by atoms with Crippen LogP contribution in [0.1, 0.15) is 33.8 Å². The Morgan fingerprint density at radius 1 is 0.973 bits per heavy atom. The van der Waals surface area contributed by atoms with Gasteiger partial charge in [0.05, 0.1) is 38.9 Å². The third kappa shape index (κ3) is 4.04. The summed E-state index contributed by atoms with van der Waals surface area (Å²) in [6.07, 6.45) is 1.28. The molecular weight excluding hydrogens is 480 g/mol. The minimum absolute atomic E-state index is 0.0222. The molecule has 0 fully saturated rings. The Morgan fingerprint density at radius 3 is 2.38 bits per heavy atom. The van der Waals surface area contributed by atoms with Crippen LogP contribution in [0, 0.1) is 0 Å². The zero-order chi connectivity index (χ0) is 26.3. The number of ether oxygens (including phenoxy) is 4. The summed E-state index contributed by atoms with van der Waals surface area (Å²) in [7, 11) is 4.29. The Morgan fingerprint density at radius 2 is 1.70 bits per heavy atom. The van der Waals surface area contributed by atoms with Crippen molar-refractivity contribution in [3.05, 3.63) is 81.7 Å². The van der Waals surface area contributed by atoms with Crippen molar-refractivity contribution in [3.63, 3.8) is 0 Å². The van der Waals surface area contributed by atoms with Gasteiger partial charge in [0.15, 0.2) is 11.5 Å². The van der Waals surface area contributed by atoms with Gasteiger partial charge < -0.3 is 28.5 Å². The molecule has 0 spiro atoms. The molecule has 9 nitrogen and oxygen atoms in total. The van der Waals surface area contributed by atoms with E-state index in [1.807, 2.05) is 0 Å². The van der Waals surface area contributed by atoms with E-state index in [2.05, 4.69) is 0 Å². The Labute approximate surface area is 210 Å². The summed E-state index contributed by atoms with van der Waals surface area (Å²) in [5.41, 5.74) is 1.86. The van der Waals surface area contributed by atoms with E-state index in [0.717, 1.165) is 0 Å². The number of hydrogen-bond acceptors (Lipinski definition) is 9. The minimum atomic E-state index is -0.541. The van der Waals surface area contributed by atoms with E-state index < -0.39 is 23.3 Å². The second-order valence-corrected chi connectivity index (χ2v) is 8.40. The summed E-state index contributed by atoms with van der Waals surface area (Å²) in [6.45, 7) is 0. The Hall–Kier alpha value is -4.79. The number of rotatable bonds is 5. The fraction of sp³-hybridized carbons (Fsp3) is 0.179. The standard InChI is InChI=1S/C28H22O9/c1-33-20-9-8-16(10-21(20)34-2)18-13-36-27-24-17(14-4-6-15(7-5-14)28(32)35-3)11-23(30)37-22(24)12-19(29)25(27)26(18)31/h4-10,12-13,17,29H,11H2,1-3H3. The van der Waals surface area contributed by atoms with Crippen molar-refractivity contribution < 1.29 is 38.1 Å². The average Bonchev–Trinajstić information content (AvgIpc) is 2.91. The van der Waals surface area contributed by atoms with Gasteiger partial charge >= 0.3 is 11.9 Å². The third-order valence-corrected chi connectivity index (χ3v) is 6.40. The molecule has 0 radical (unpaired) electrons. The maximum Gasteiger partial charge on any atom is 0.337 e. The first-order valence-electron chi connectivity index (χ1n) is 11.3. The van der Waals surface area contributed by atoms with E-state index in [4.69, 9.17) is 23.4 Å². The number of esters is 2. The van der Waals surface area contributed by atoms with E-state index >= 15 is 0 Å². The predicted octanol–water partition coefficient (Wildman–Crippen LogP) is 4.41. The van der Waals surface area contributed by atoms with Crippen LogP contribution >= 0.6 is 0 Å². The van der Waals surface area contributed by atoms with Crippen molar-refractivity contribution in [3.8, 4) is 34.1 Å². The van der Waals surface area contributed by atoms with Crippen LogP contribution < -0.4 is 19.6 Å². The fourth-order valence-corrected chi connectivity index (χ4v) is 4.59. The highest BCUT2D eigenvalue weighted by molar-refractivity contribution is 5.94. The number of fused-ring (bicyclic) bond motifs is 3. The lowest BCUT2D eigenvalue weighted by molar-refractivity contribution is -0.135. The Balaban J connectivity index is 1.69. The highest BCUT2D eigenvalue weighted by atomic mass is 16.5. The van der Waals surface area contributed by atoms with E-state index in [1.165, 1.54) is 33.7 Å². The van der Waals surface area contributed by atoms with Gasteiger partial charge in [-0.2, -0.15) is 0 Å². The molecule has 1 aliphatic rings. The number of carbonyl (C=O) groups excluding carboxylic acids is 2. The molecule has 1 atom stereocenters. The normalized spacial score (nSPS) is 14.6. The van der Waals surface area contributed by atoms with Gasteiger partial charge in [-0.25, -0.2) is 4.79 Å². The van der Waals surface area contributed by atoms with Crippen LogP contribution in [0.3, 0.4) is 0 Å². The molecule has 9 heteroatoms. The van der Waals surface area contributed by atoms with Gasteiger partial charge in [-0.05, 0) is 35.4 Å². The Bertz CT molecular complexity index is 1600. The lowest BCUT2D eigenvalue weighted by Gasteiger charge is -2.26. The zero-order valence-corrected chi connectivity index (χ0v) is 20.2. The van der Waals surface area contributed by atoms with E-state index in [-0.39, 0.29) is 34.5 Å². The van der Waals surface area contributed by atoms with Crippen molar-refractivity contribution in [1.29, 1.82) is 0 Å². The molecule has 1 aromatic heterocycles. The first kappa shape index (κ1) is 23.9. The van der Waals surface area contributed by atoms with Crippen molar-refractivity contribution in [1.82, 2.24) is 0 Å². The molecular formula is C28H22O9. The van der Waals surface area contributed by atoms with Crippen LogP contribution in [0.15, 0.2) is 64.0 Å². The summed E-state index contributed by atoms with van der Waals surface area (Å²) in [5.74, 6) is -0.879. The summed E-state index contributed by atoms with van der Waals surface area (Å²) in [5, 5.41) is 10.7. The molecule has 1 aliphatic heterocycles. The van der Waals surface area contributed by atoms with Crippen molar-refractivity contribution in [2.45, 2.75) is 12.3 Å². The monoisotopic (exact) mass is 502 g/mol. The van der Waals surface area contributed by atoms with Gasteiger partial charge in [0.25, 0.3) is 0 Å². The molecule has 1 unspecified atom stereocenters. The maximum absolute atomic E-state index is 13.6. The van der Waals surface area contributed by atoms with E-state index in [0.29, 0.717) is 33.8 Å². The fourth-order valence-electron chi connectivity index (χ4n) is 4.59. The van der Waals surface area contributed by atoms with Gasteiger partial charge in [-0.1, -0.05) is 18.2 Å². The summed E-state index contributed by atoms with van der Waals surface area (Å²) in [6, 6.07) is 12.8. The number of carbonyl (C=O) groups is 2. The van der Waals surface area contributed by atoms with Crippen LogP contribution in [0.4, 0.5) is 0 Å². The van der Waals surface area contributed by atoms with Gasteiger partial charge in [0, 0.05) is 17.5 Å². The minimum Gasteiger partial charge on any atom is -0.507 e. The molecule has 0 saturated carbocycles. The number of phenols is 1. The van der Waals surface area contributed by atoms with E-state index in [1.54, 1.807) is 42.5 Å².